The van der Waals surface area contributed by atoms with Gasteiger partial charge in [0.1, 0.15) is 0 Å². The summed E-state index contributed by atoms with van der Waals surface area (Å²) in [6.07, 6.45) is 5.13. The van der Waals surface area contributed by atoms with Crippen LogP contribution >= 0.6 is 15.9 Å². The number of benzene rings is 1. The molecule has 0 N–H and O–H groups in total. The molecule has 0 amide bonds. The summed E-state index contributed by atoms with van der Waals surface area (Å²) < 4.78 is 2.73. The maximum atomic E-state index is 10.8. The van der Waals surface area contributed by atoms with Crippen molar-refractivity contribution < 1.29 is 0 Å². The lowest BCUT2D eigenvalue weighted by atomic mass is 10.1. The van der Waals surface area contributed by atoms with Crippen LogP contribution < -0.4 is 0 Å². The fraction of sp³-hybridized carbons (Fsp3) is 0.182. The maximum Gasteiger partial charge on any atom is 0.172 e. The molecular formula is C11H10BrN3O. The fourth-order valence-corrected chi connectivity index (χ4v) is 1.74. The average molecular weight is 280 g/mol. The second-order valence-electron chi connectivity index (χ2n) is 3.43. The van der Waals surface area contributed by atoms with Gasteiger partial charge in [-0.05, 0) is 22.9 Å². The quantitative estimate of drug-likeness (QED) is 0.808. The number of nitroso groups, excluding NO2 is 1. The van der Waals surface area contributed by atoms with Crippen LogP contribution in [0.4, 0.5) is 0 Å². The summed E-state index contributed by atoms with van der Waals surface area (Å²) in [6.45, 7) is 0. The van der Waals surface area contributed by atoms with Crippen molar-refractivity contribution in [3.05, 3.63) is 57.9 Å². The molecule has 1 atom stereocenters. The van der Waals surface area contributed by atoms with Gasteiger partial charge in [-0.15, -0.1) is 4.91 Å². The second kappa shape index (κ2) is 5.03. The molecule has 0 aliphatic carbocycles. The average Bonchev–Trinajstić information content (AvgIpc) is 2.82. The number of nitrogens with zero attached hydrogens (tertiary/aromatic N) is 3. The number of hydrogen-bond acceptors (Lipinski definition) is 3. The molecule has 16 heavy (non-hydrogen) atoms. The molecule has 5 heteroatoms. The van der Waals surface area contributed by atoms with E-state index in [0.29, 0.717) is 6.42 Å². The van der Waals surface area contributed by atoms with Crippen LogP contribution in [0.1, 0.15) is 11.7 Å². The van der Waals surface area contributed by atoms with Gasteiger partial charge in [0.05, 0.1) is 6.33 Å². The highest BCUT2D eigenvalue weighted by Gasteiger charge is 2.10. The fourth-order valence-electron chi connectivity index (χ4n) is 1.47. The number of imidazole rings is 1. The van der Waals surface area contributed by atoms with Crippen molar-refractivity contribution in [1.82, 2.24) is 9.55 Å². The zero-order valence-electron chi connectivity index (χ0n) is 8.45. The largest absolute Gasteiger partial charge is 0.311 e. The number of aromatic nitrogens is 2. The molecule has 2 rings (SSSR count). The third kappa shape index (κ3) is 2.55. The van der Waals surface area contributed by atoms with Crippen molar-refractivity contribution in [3.8, 4) is 0 Å². The SMILES string of the molecule is O=NC(Cc1ccc(Br)cc1)n1ccnc1. The first-order chi connectivity index (χ1) is 7.79. The van der Waals surface area contributed by atoms with E-state index in [1.165, 1.54) is 0 Å². The number of rotatable bonds is 4. The topological polar surface area (TPSA) is 47.2 Å². The maximum absolute atomic E-state index is 10.8. The van der Waals surface area contributed by atoms with Gasteiger partial charge in [-0.3, -0.25) is 0 Å². The molecular weight excluding hydrogens is 270 g/mol. The van der Waals surface area contributed by atoms with Gasteiger partial charge < -0.3 is 4.57 Å². The van der Waals surface area contributed by atoms with E-state index in [-0.39, 0.29) is 0 Å². The first kappa shape index (κ1) is 11.0. The summed E-state index contributed by atoms with van der Waals surface area (Å²) in [4.78, 5) is 14.7. The molecule has 1 aromatic carbocycles. The van der Waals surface area contributed by atoms with Crippen LogP contribution in [-0.2, 0) is 6.42 Å². The Balaban J connectivity index is 2.13. The van der Waals surface area contributed by atoms with E-state index in [1.54, 1.807) is 23.3 Å². The Morgan fingerprint density at radius 1 is 1.38 bits per heavy atom. The molecule has 1 unspecified atom stereocenters. The molecule has 4 nitrogen and oxygen atoms in total. The molecule has 82 valence electrons. The van der Waals surface area contributed by atoms with E-state index >= 15 is 0 Å². The normalized spacial score (nSPS) is 12.3. The lowest BCUT2D eigenvalue weighted by molar-refractivity contribution is 0.517. The van der Waals surface area contributed by atoms with Crippen molar-refractivity contribution >= 4 is 15.9 Å². The predicted molar refractivity (Wildman–Crippen MR) is 64.9 cm³/mol. The zero-order valence-corrected chi connectivity index (χ0v) is 10.0. The van der Waals surface area contributed by atoms with Crippen molar-refractivity contribution in [2.24, 2.45) is 5.18 Å². The van der Waals surface area contributed by atoms with E-state index in [4.69, 9.17) is 0 Å². The minimum atomic E-state index is -0.427. The first-order valence-electron chi connectivity index (χ1n) is 4.84. The highest BCUT2D eigenvalue weighted by Crippen LogP contribution is 2.17. The standard InChI is InChI=1S/C11H10BrN3O/c12-10-3-1-9(2-4-10)7-11(14-16)15-6-5-13-8-15/h1-6,8,11H,7H2. The van der Waals surface area contributed by atoms with Gasteiger partial charge in [-0.1, -0.05) is 28.1 Å². The van der Waals surface area contributed by atoms with Crippen LogP contribution in [0, 0.1) is 4.91 Å². The molecule has 0 fully saturated rings. The summed E-state index contributed by atoms with van der Waals surface area (Å²) in [5.74, 6) is 0. The Kier molecular flexibility index (Phi) is 3.46. The van der Waals surface area contributed by atoms with E-state index in [1.807, 2.05) is 24.3 Å². The van der Waals surface area contributed by atoms with Gasteiger partial charge >= 0.3 is 0 Å². The highest BCUT2D eigenvalue weighted by atomic mass is 79.9. The van der Waals surface area contributed by atoms with Gasteiger partial charge in [0.25, 0.3) is 0 Å². The van der Waals surface area contributed by atoms with Crippen molar-refractivity contribution in [1.29, 1.82) is 0 Å². The van der Waals surface area contributed by atoms with Gasteiger partial charge in [-0.2, -0.15) is 0 Å². The van der Waals surface area contributed by atoms with Gasteiger partial charge in [-0.25, -0.2) is 4.98 Å². The molecule has 0 bridgehead atoms. The lowest BCUT2D eigenvalue weighted by Crippen LogP contribution is -2.06. The Labute approximate surface area is 101 Å². The van der Waals surface area contributed by atoms with Gasteiger partial charge in [0, 0.05) is 23.3 Å². The Hall–Kier alpha value is -1.49. The monoisotopic (exact) mass is 279 g/mol. The van der Waals surface area contributed by atoms with Crippen molar-refractivity contribution in [2.75, 3.05) is 0 Å². The predicted octanol–water partition coefficient (Wildman–Crippen LogP) is 3.15. The van der Waals surface area contributed by atoms with Crippen LogP contribution in [0.15, 0.2) is 52.6 Å². The van der Waals surface area contributed by atoms with E-state index in [9.17, 15) is 4.91 Å². The molecule has 0 aliphatic heterocycles. The Morgan fingerprint density at radius 3 is 2.69 bits per heavy atom. The molecule has 0 saturated carbocycles. The minimum absolute atomic E-state index is 0.427. The third-order valence-electron chi connectivity index (χ3n) is 2.32. The van der Waals surface area contributed by atoms with Gasteiger partial charge in [0.15, 0.2) is 6.17 Å². The van der Waals surface area contributed by atoms with Crippen LogP contribution in [0.2, 0.25) is 0 Å². The summed E-state index contributed by atoms with van der Waals surface area (Å²) >= 11 is 3.37. The number of halogens is 1. The third-order valence-corrected chi connectivity index (χ3v) is 2.85. The molecule has 1 aromatic heterocycles. The van der Waals surface area contributed by atoms with E-state index in [0.717, 1.165) is 10.0 Å². The Morgan fingerprint density at radius 2 is 2.12 bits per heavy atom. The smallest absolute Gasteiger partial charge is 0.172 e. The minimum Gasteiger partial charge on any atom is -0.311 e. The van der Waals surface area contributed by atoms with Crippen molar-refractivity contribution in [3.63, 3.8) is 0 Å². The molecule has 0 spiro atoms. The summed E-state index contributed by atoms with van der Waals surface area (Å²) in [6, 6.07) is 7.84. The Bertz CT molecular complexity index is 453. The van der Waals surface area contributed by atoms with Crippen LogP contribution in [0.25, 0.3) is 0 Å². The van der Waals surface area contributed by atoms with E-state index < -0.39 is 6.17 Å². The van der Waals surface area contributed by atoms with Crippen LogP contribution in [-0.4, -0.2) is 9.55 Å². The van der Waals surface area contributed by atoms with Crippen LogP contribution in [0.3, 0.4) is 0 Å². The molecule has 0 radical (unpaired) electrons. The van der Waals surface area contributed by atoms with Gasteiger partial charge in [0.2, 0.25) is 0 Å². The molecule has 0 aliphatic rings. The van der Waals surface area contributed by atoms with Crippen LogP contribution in [0.5, 0.6) is 0 Å². The first-order valence-corrected chi connectivity index (χ1v) is 5.63. The summed E-state index contributed by atoms with van der Waals surface area (Å²) in [5.41, 5.74) is 1.07. The second-order valence-corrected chi connectivity index (χ2v) is 4.34. The molecule has 2 aromatic rings. The van der Waals surface area contributed by atoms with E-state index in [2.05, 4.69) is 26.1 Å². The number of hydrogen-bond donors (Lipinski definition) is 0. The zero-order chi connectivity index (χ0) is 11.4. The highest BCUT2D eigenvalue weighted by molar-refractivity contribution is 9.10. The molecule has 1 heterocycles. The summed E-state index contributed by atoms with van der Waals surface area (Å²) in [7, 11) is 0. The van der Waals surface area contributed by atoms with Crippen molar-refractivity contribution in [2.45, 2.75) is 12.6 Å². The summed E-state index contributed by atoms with van der Waals surface area (Å²) in [5, 5.41) is 3.11. The lowest BCUT2D eigenvalue weighted by Gasteiger charge is -2.10. The molecule has 0 saturated heterocycles.